The van der Waals surface area contributed by atoms with E-state index in [-0.39, 0.29) is 0 Å². The van der Waals surface area contributed by atoms with Gasteiger partial charge in [-0.2, -0.15) is 0 Å². The molecule has 3 nitrogen and oxygen atoms in total. The summed E-state index contributed by atoms with van der Waals surface area (Å²) in [5.74, 6) is 0.677. The fraction of sp³-hybridized carbons (Fsp3) is 0.444. The van der Waals surface area contributed by atoms with Gasteiger partial charge in [-0.15, -0.1) is 0 Å². The smallest absolute Gasteiger partial charge is 0.126 e. The first-order chi connectivity index (χ1) is 5.75. The number of nitrogens with two attached hydrogens (primary N) is 1. The van der Waals surface area contributed by atoms with E-state index in [0.29, 0.717) is 11.3 Å². The van der Waals surface area contributed by atoms with Gasteiger partial charge in [0.25, 0.3) is 0 Å². The number of nitrogens with zero attached hydrogens (tertiary/aromatic N) is 1. The molecule has 0 aliphatic carbocycles. The van der Waals surface area contributed by atoms with Gasteiger partial charge in [-0.25, -0.2) is 0 Å². The topological polar surface area (TPSA) is 54.8 Å². The number of pyridine rings is 1. The van der Waals surface area contributed by atoms with Gasteiger partial charge in [-0.1, -0.05) is 19.4 Å². The molecule has 1 heterocycles. The van der Waals surface area contributed by atoms with Gasteiger partial charge in [0.1, 0.15) is 11.3 Å². The van der Waals surface area contributed by atoms with Crippen LogP contribution in [0.2, 0.25) is 0 Å². The lowest BCUT2D eigenvalue weighted by Crippen LogP contribution is -2.21. The van der Waals surface area contributed by atoms with Crippen LogP contribution in [-0.2, 0) is 6.54 Å². The Hall–Kier alpha value is -1.25. The summed E-state index contributed by atoms with van der Waals surface area (Å²) in [4.78, 5) is 0. The molecule has 1 aromatic heterocycles. The molecule has 0 radical (unpaired) electrons. The zero-order valence-corrected chi connectivity index (χ0v) is 7.38. The number of aromatic nitrogens is 1. The molecule has 0 fully saturated rings. The fourth-order valence-electron chi connectivity index (χ4n) is 1.12. The predicted octanol–water partition coefficient (Wildman–Crippen LogP) is 1.35. The molecular weight excluding hydrogens is 150 g/mol. The molecule has 1 rings (SSSR count). The van der Waals surface area contributed by atoms with Crippen LogP contribution in [0.3, 0.4) is 0 Å². The second-order valence-corrected chi connectivity index (χ2v) is 2.84. The predicted molar refractivity (Wildman–Crippen MR) is 49.6 cm³/mol. The molecule has 3 N–H and O–H groups in total. The van der Waals surface area contributed by atoms with Gasteiger partial charge >= 0.3 is 0 Å². The Kier molecular flexibility index (Phi) is 2.91. The molecule has 0 spiro atoms. The second-order valence-electron chi connectivity index (χ2n) is 2.84. The third-order valence-corrected chi connectivity index (χ3v) is 1.86. The van der Waals surface area contributed by atoms with Crippen molar-refractivity contribution in [2.45, 2.75) is 26.3 Å². The van der Waals surface area contributed by atoms with Crippen molar-refractivity contribution in [2.75, 3.05) is 5.73 Å². The van der Waals surface area contributed by atoms with Gasteiger partial charge in [0, 0.05) is 6.54 Å². The second kappa shape index (κ2) is 3.95. The summed E-state index contributed by atoms with van der Waals surface area (Å²) in [6.07, 6.45) is 2.20. The highest BCUT2D eigenvalue weighted by Gasteiger charge is 1.94. The van der Waals surface area contributed by atoms with E-state index >= 15 is 0 Å². The number of nitrogens with one attached hydrogen (secondary N) is 1. The van der Waals surface area contributed by atoms with Crippen LogP contribution in [0.1, 0.15) is 19.8 Å². The average molecular weight is 165 g/mol. The Labute approximate surface area is 72.3 Å². The molecule has 0 atom stereocenters. The van der Waals surface area contributed by atoms with E-state index in [1.807, 2.05) is 10.6 Å². The molecule has 0 aliphatic rings. The Balaban J connectivity index is 2.89. The van der Waals surface area contributed by atoms with Crippen molar-refractivity contribution < 1.29 is 0 Å². The lowest BCUT2D eigenvalue weighted by molar-refractivity contribution is 0.608. The molecule has 0 saturated carbocycles. The van der Waals surface area contributed by atoms with Gasteiger partial charge < -0.3 is 10.3 Å². The first-order valence-electron chi connectivity index (χ1n) is 4.25. The third kappa shape index (κ3) is 1.87. The van der Waals surface area contributed by atoms with Crippen molar-refractivity contribution >= 4 is 5.82 Å². The Morgan fingerprint density at radius 2 is 2.25 bits per heavy atom. The van der Waals surface area contributed by atoms with Gasteiger partial charge in [0.05, 0.1) is 0 Å². The van der Waals surface area contributed by atoms with Gasteiger partial charge in [-0.3, -0.25) is 5.41 Å². The number of unbranched alkanes of at least 4 members (excludes halogenated alkanes) is 1. The van der Waals surface area contributed by atoms with E-state index in [0.717, 1.165) is 19.4 Å². The molecule has 66 valence electrons. The Morgan fingerprint density at radius 1 is 1.50 bits per heavy atom. The molecular formula is C9H15N3. The van der Waals surface area contributed by atoms with Crippen molar-refractivity contribution in [1.29, 1.82) is 5.41 Å². The van der Waals surface area contributed by atoms with E-state index in [2.05, 4.69) is 6.92 Å². The number of anilines is 1. The minimum absolute atomic E-state index is 0.489. The SMILES string of the molecule is CCCCn1c(N)cccc1=N. The minimum Gasteiger partial charge on any atom is -0.385 e. The van der Waals surface area contributed by atoms with Crippen molar-refractivity contribution in [3.8, 4) is 0 Å². The Bertz CT molecular complexity index is 301. The molecule has 0 unspecified atom stereocenters. The van der Waals surface area contributed by atoms with Crippen LogP contribution in [-0.4, -0.2) is 4.57 Å². The zero-order chi connectivity index (χ0) is 8.97. The Morgan fingerprint density at radius 3 is 2.83 bits per heavy atom. The number of hydrogen-bond donors (Lipinski definition) is 2. The summed E-state index contributed by atoms with van der Waals surface area (Å²) < 4.78 is 1.82. The number of nitrogen functional groups attached to an aromatic ring is 1. The molecule has 12 heavy (non-hydrogen) atoms. The maximum absolute atomic E-state index is 7.57. The maximum Gasteiger partial charge on any atom is 0.126 e. The molecule has 3 heteroatoms. The van der Waals surface area contributed by atoms with E-state index in [9.17, 15) is 0 Å². The number of hydrogen-bond acceptors (Lipinski definition) is 2. The highest BCUT2D eigenvalue weighted by molar-refractivity contribution is 5.27. The van der Waals surface area contributed by atoms with Crippen LogP contribution in [0.25, 0.3) is 0 Å². The monoisotopic (exact) mass is 165 g/mol. The van der Waals surface area contributed by atoms with Gasteiger partial charge in [-0.05, 0) is 18.6 Å². The van der Waals surface area contributed by atoms with Crippen LogP contribution in [0, 0.1) is 5.41 Å². The van der Waals surface area contributed by atoms with E-state index in [1.54, 1.807) is 12.1 Å². The fourth-order valence-corrected chi connectivity index (χ4v) is 1.12. The molecule has 0 aromatic carbocycles. The summed E-state index contributed by atoms with van der Waals surface area (Å²) in [5.41, 5.74) is 6.19. The first kappa shape index (κ1) is 8.84. The van der Waals surface area contributed by atoms with Crippen LogP contribution >= 0.6 is 0 Å². The molecule has 0 amide bonds. The largest absolute Gasteiger partial charge is 0.385 e. The van der Waals surface area contributed by atoms with Crippen LogP contribution < -0.4 is 11.2 Å². The van der Waals surface area contributed by atoms with Crippen molar-refractivity contribution in [1.82, 2.24) is 4.57 Å². The highest BCUT2D eigenvalue weighted by atomic mass is 15.0. The first-order valence-corrected chi connectivity index (χ1v) is 4.25. The van der Waals surface area contributed by atoms with Crippen molar-refractivity contribution in [2.24, 2.45) is 0 Å². The lowest BCUT2D eigenvalue weighted by atomic mass is 10.3. The lowest BCUT2D eigenvalue weighted by Gasteiger charge is -2.08. The molecule has 0 aliphatic heterocycles. The summed E-state index contributed by atoms with van der Waals surface area (Å²) in [7, 11) is 0. The average Bonchev–Trinajstić information content (AvgIpc) is 2.04. The van der Waals surface area contributed by atoms with Gasteiger partial charge in [0.15, 0.2) is 0 Å². The van der Waals surface area contributed by atoms with E-state index < -0.39 is 0 Å². The molecule has 0 bridgehead atoms. The summed E-state index contributed by atoms with van der Waals surface area (Å²) >= 11 is 0. The highest BCUT2D eigenvalue weighted by Crippen LogP contribution is 1.99. The van der Waals surface area contributed by atoms with Crippen LogP contribution in [0.4, 0.5) is 5.82 Å². The van der Waals surface area contributed by atoms with Crippen molar-refractivity contribution in [3.05, 3.63) is 23.7 Å². The summed E-state index contributed by atoms with van der Waals surface area (Å²) in [6, 6.07) is 5.39. The normalized spacial score (nSPS) is 10.1. The summed E-state index contributed by atoms with van der Waals surface area (Å²) in [6.45, 7) is 2.98. The van der Waals surface area contributed by atoms with E-state index in [4.69, 9.17) is 11.1 Å². The molecule has 0 saturated heterocycles. The quantitative estimate of drug-likeness (QED) is 0.698. The third-order valence-electron chi connectivity index (χ3n) is 1.86. The van der Waals surface area contributed by atoms with E-state index in [1.165, 1.54) is 0 Å². The zero-order valence-electron chi connectivity index (χ0n) is 7.38. The summed E-state index contributed by atoms with van der Waals surface area (Å²) in [5, 5.41) is 7.57. The van der Waals surface area contributed by atoms with Crippen LogP contribution in [0.15, 0.2) is 18.2 Å². The standard InChI is InChI=1S/C9H15N3/c1-2-3-7-12-8(10)5-4-6-9(12)11/h4-6,10H,2-3,7,11H2,1H3. The number of rotatable bonds is 3. The van der Waals surface area contributed by atoms with Crippen molar-refractivity contribution in [3.63, 3.8) is 0 Å². The molecule has 1 aromatic rings. The minimum atomic E-state index is 0.489. The van der Waals surface area contributed by atoms with Crippen LogP contribution in [0.5, 0.6) is 0 Å². The maximum atomic E-state index is 7.57. The van der Waals surface area contributed by atoms with Gasteiger partial charge in [0.2, 0.25) is 0 Å².